The Kier molecular flexibility index (Phi) is 5.29. The Morgan fingerprint density at radius 3 is 2.40 bits per heavy atom. The van der Waals surface area contributed by atoms with E-state index in [0.29, 0.717) is 18.4 Å². The summed E-state index contributed by atoms with van der Waals surface area (Å²) in [6, 6.07) is 20.6. The number of hydrogen-bond donors (Lipinski definition) is 2. The molecule has 0 aliphatic heterocycles. The Morgan fingerprint density at radius 1 is 0.920 bits per heavy atom. The molecule has 0 aliphatic rings. The molecule has 0 atom stereocenters. The van der Waals surface area contributed by atoms with Gasteiger partial charge in [-0.15, -0.1) is 0 Å². The number of nitrogens with one attached hydrogen (secondary N) is 2. The number of para-hydroxylation sites is 1. The third-order valence-electron chi connectivity index (χ3n) is 3.99. The van der Waals surface area contributed by atoms with E-state index in [2.05, 4.69) is 64.8 Å². The van der Waals surface area contributed by atoms with Gasteiger partial charge in [-0.3, -0.25) is 0 Å². The number of benzene rings is 2. The minimum Gasteiger partial charge on any atom is -0.350 e. The number of anilines is 3. The van der Waals surface area contributed by atoms with Gasteiger partial charge in [0.15, 0.2) is 0 Å². The number of rotatable bonds is 6. The lowest BCUT2D eigenvalue weighted by Crippen LogP contribution is -2.07. The van der Waals surface area contributed by atoms with Crippen molar-refractivity contribution in [3.05, 3.63) is 77.5 Å². The van der Waals surface area contributed by atoms with Crippen LogP contribution in [0, 0.1) is 6.92 Å². The predicted molar refractivity (Wildman–Crippen MR) is 104 cm³/mol. The van der Waals surface area contributed by atoms with Crippen molar-refractivity contribution in [2.45, 2.75) is 33.2 Å². The van der Waals surface area contributed by atoms with E-state index in [4.69, 9.17) is 0 Å². The van der Waals surface area contributed by atoms with Gasteiger partial charge in [0.1, 0.15) is 5.82 Å². The highest BCUT2D eigenvalue weighted by Crippen LogP contribution is 2.26. The van der Waals surface area contributed by atoms with E-state index in [1.807, 2.05) is 37.3 Å². The highest BCUT2D eigenvalue weighted by molar-refractivity contribution is 5.62. The zero-order chi connectivity index (χ0) is 17.6. The van der Waals surface area contributed by atoms with Gasteiger partial charge in [-0.2, -0.15) is 4.98 Å². The Bertz CT molecular complexity index is 828. The summed E-state index contributed by atoms with van der Waals surface area (Å²) in [5.74, 6) is 1.88. The molecule has 0 unspecified atom stereocenters. The zero-order valence-corrected chi connectivity index (χ0v) is 15.0. The largest absolute Gasteiger partial charge is 0.350 e. The van der Waals surface area contributed by atoms with Gasteiger partial charge in [-0.1, -0.05) is 62.4 Å². The minimum absolute atomic E-state index is 0.447. The molecule has 25 heavy (non-hydrogen) atoms. The van der Waals surface area contributed by atoms with Crippen LogP contribution in [0.3, 0.4) is 0 Å². The van der Waals surface area contributed by atoms with Crippen LogP contribution in [0.15, 0.2) is 60.7 Å². The van der Waals surface area contributed by atoms with E-state index < -0.39 is 0 Å². The van der Waals surface area contributed by atoms with E-state index in [1.54, 1.807) is 0 Å². The van der Waals surface area contributed by atoms with Crippen LogP contribution in [0.4, 0.5) is 17.5 Å². The summed E-state index contributed by atoms with van der Waals surface area (Å²) in [5, 5.41) is 6.75. The van der Waals surface area contributed by atoms with Gasteiger partial charge in [-0.25, -0.2) is 4.98 Å². The molecule has 4 heteroatoms. The Hall–Kier alpha value is -2.88. The van der Waals surface area contributed by atoms with Crippen molar-refractivity contribution >= 4 is 17.5 Å². The molecule has 3 aromatic rings. The van der Waals surface area contributed by atoms with E-state index in [0.717, 1.165) is 17.2 Å². The van der Waals surface area contributed by atoms with Gasteiger partial charge < -0.3 is 10.6 Å². The third kappa shape index (κ3) is 4.57. The quantitative estimate of drug-likeness (QED) is 0.646. The summed E-state index contributed by atoms with van der Waals surface area (Å²) < 4.78 is 0. The van der Waals surface area contributed by atoms with Gasteiger partial charge in [0, 0.05) is 24.0 Å². The highest BCUT2D eigenvalue weighted by Gasteiger charge is 2.08. The van der Waals surface area contributed by atoms with Gasteiger partial charge in [-0.05, 0) is 30.0 Å². The Labute approximate surface area is 149 Å². The molecule has 128 valence electrons. The topological polar surface area (TPSA) is 49.8 Å². The molecular formula is C21H24N4. The maximum absolute atomic E-state index is 4.61. The normalized spacial score (nSPS) is 10.7. The fourth-order valence-corrected chi connectivity index (χ4v) is 2.74. The highest BCUT2D eigenvalue weighted by atomic mass is 15.1. The van der Waals surface area contributed by atoms with E-state index in [9.17, 15) is 0 Å². The first-order chi connectivity index (χ1) is 12.1. The second kappa shape index (κ2) is 7.79. The predicted octanol–water partition coefficient (Wildman–Crippen LogP) is 5.26. The molecule has 1 aromatic heterocycles. The van der Waals surface area contributed by atoms with Gasteiger partial charge >= 0.3 is 0 Å². The summed E-state index contributed by atoms with van der Waals surface area (Å²) in [4.78, 5) is 9.10. The SMILES string of the molecule is Cc1cc(Nc2ccccc2C(C)C)nc(NCc2ccccc2)n1. The first-order valence-electron chi connectivity index (χ1n) is 8.61. The number of hydrogen-bond acceptors (Lipinski definition) is 4. The molecule has 2 aromatic carbocycles. The van der Waals surface area contributed by atoms with Gasteiger partial charge in [0.25, 0.3) is 0 Å². The summed E-state index contributed by atoms with van der Waals surface area (Å²) in [5.41, 5.74) is 4.49. The van der Waals surface area contributed by atoms with Crippen molar-refractivity contribution in [3.8, 4) is 0 Å². The second-order valence-corrected chi connectivity index (χ2v) is 6.42. The molecule has 0 aliphatic carbocycles. The van der Waals surface area contributed by atoms with Crippen LogP contribution in [-0.2, 0) is 6.54 Å². The molecule has 0 saturated heterocycles. The molecule has 0 amide bonds. The average Bonchev–Trinajstić information content (AvgIpc) is 2.61. The van der Waals surface area contributed by atoms with Crippen molar-refractivity contribution in [2.75, 3.05) is 10.6 Å². The van der Waals surface area contributed by atoms with Crippen LogP contribution in [0.2, 0.25) is 0 Å². The van der Waals surface area contributed by atoms with Crippen LogP contribution in [0.25, 0.3) is 0 Å². The number of aromatic nitrogens is 2. The molecule has 1 heterocycles. The van der Waals surface area contributed by atoms with E-state index >= 15 is 0 Å². The van der Waals surface area contributed by atoms with E-state index in [-0.39, 0.29) is 0 Å². The molecule has 4 nitrogen and oxygen atoms in total. The molecule has 0 saturated carbocycles. The van der Waals surface area contributed by atoms with Gasteiger partial charge in [0.2, 0.25) is 5.95 Å². The molecule has 2 N–H and O–H groups in total. The fourth-order valence-electron chi connectivity index (χ4n) is 2.74. The van der Waals surface area contributed by atoms with Crippen molar-refractivity contribution in [2.24, 2.45) is 0 Å². The fraction of sp³-hybridized carbons (Fsp3) is 0.238. The summed E-state index contributed by atoms with van der Waals surface area (Å²) in [6.07, 6.45) is 0. The average molecular weight is 332 g/mol. The number of nitrogens with zero attached hydrogens (tertiary/aromatic N) is 2. The standard InChI is InChI=1S/C21H24N4/c1-15(2)18-11-7-8-12-19(18)24-20-13-16(3)23-21(25-20)22-14-17-9-5-4-6-10-17/h4-13,15H,14H2,1-3H3,(H2,22,23,24,25). The smallest absolute Gasteiger partial charge is 0.225 e. The maximum Gasteiger partial charge on any atom is 0.225 e. The van der Waals surface area contributed by atoms with Crippen molar-refractivity contribution in [1.82, 2.24) is 9.97 Å². The third-order valence-corrected chi connectivity index (χ3v) is 3.99. The molecule has 3 rings (SSSR count). The van der Waals surface area contributed by atoms with Crippen LogP contribution in [0.5, 0.6) is 0 Å². The minimum atomic E-state index is 0.447. The molecule has 0 fully saturated rings. The number of aryl methyl sites for hydroxylation is 1. The summed E-state index contributed by atoms with van der Waals surface area (Å²) >= 11 is 0. The summed E-state index contributed by atoms with van der Waals surface area (Å²) in [7, 11) is 0. The van der Waals surface area contributed by atoms with Crippen LogP contribution < -0.4 is 10.6 Å². The zero-order valence-electron chi connectivity index (χ0n) is 15.0. The summed E-state index contributed by atoms with van der Waals surface area (Å²) in [6.45, 7) is 7.07. The first kappa shape index (κ1) is 17.0. The Balaban J connectivity index is 1.78. The Morgan fingerprint density at radius 2 is 1.64 bits per heavy atom. The molecular weight excluding hydrogens is 308 g/mol. The van der Waals surface area contributed by atoms with Crippen LogP contribution in [-0.4, -0.2) is 9.97 Å². The molecule has 0 bridgehead atoms. The van der Waals surface area contributed by atoms with Crippen molar-refractivity contribution in [1.29, 1.82) is 0 Å². The van der Waals surface area contributed by atoms with Crippen molar-refractivity contribution in [3.63, 3.8) is 0 Å². The lowest BCUT2D eigenvalue weighted by Gasteiger charge is -2.15. The lowest BCUT2D eigenvalue weighted by molar-refractivity contribution is 0.868. The maximum atomic E-state index is 4.61. The van der Waals surface area contributed by atoms with Crippen LogP contribution >= 0.6 is 0 Å². The van der Waals surface area contributed by atoms with E-state index in [1.165, 1.54) is 11.1 Å². The van der Waals surface area contributed by atoms with Crippen LogP contribution in [0.1, 0.15) is 36.6 Å². The van der Waals surface area contributed by atoms with Gasteiger partial charge in [0.05, 0.1) is 0 Å². The second-order valence-electron chi connectivity index (χ2n) is 6.42. The first-order valence-corrected chi connectivity index (χ1v) is 8.61. The molecule has 0 spiro atoms. The monoisotopic (exact) mass is 332 g/mol. The lowest BCUT2D eigenvalue weighted by atomic mass is 10.0. The van der Waals surface area contributed by atoms with Crippen molar-refractivity contribution < 1.29 is 0 Å². The molecule has 0 radical (unpaired) electrons.